The number of aliphatic hydroxyl groups excluding tert-OH is 1. The van der Waals surface area contributed by atoms with Crippen LogP contribution in [0.5, 0.6) is 0 Å². The van der Waals surface area contributed by atoms with Gasteiger partial charge in [0.2, 0.25) is 0 Å². The standard InChI is InChI=1S/C13H16O4/c1-9(16-2)11(13(15)17-3)12(14)10-7-5-4-6-8-10/h4-8,11-12,14H,1H2,2-3H3/t11-,12+/m0/s1. The van der Waals surface area contributed by atoms with E-state index in [2.05, 4.69) is 11.3 Å². The van der Waals surface area contributed by atoms with Crippen molar-refractivity contribution in [3.63, 3.8) is 0 Å². The van der Waals surface area contributed by atoms with Gasteiger partial charge in [0.25, 0.3) is 0 Å². The number of benzene rings is 1. The van der Waals surface area contributed by atoms with Gasteiger partial charge in [-0.1, -0.05) is 36.9 Å². The maximum Gasteiger partial charge on any atom is 0.319 e. The molecule has 0 saturated heterocycles. The van der Waals surface area contributed by atoms with Crippen LogP contribution in [0.25, 0.3) is 0 Å². The molecule has 0 aliphatic rings. The molecule has 0 saturated carbocycles. The van der Waals surface area contributed by atoms with Crippen LogP contribution in [0.1, 0.15) is 11.7 Å². The van der Waals surface area contributed by atoms with E-state index in [1.165, 1.54) is 14.2 Å². The lowest BCUT2D eigenvalue weighted by atomic mass is 9.94. The van der Waals surface area contributed by atoms with Crippen LogP contribution in [0, 0.1) is 5.92 Å². The largest absolute Gasteiger partial charge is 0.501 e. The maximum atomic E-state index is 11.6. The molecule has 0 amide bonds. The fourth-order valence-electron chi connectivity index (χ4n) is 1.53. The van der Waals surface area contributed by atoms with Gasteiger partial charge in [0, 0.05) is 0 Å². The van der Waals surface area contributed by atoms with E-state index in [9.17, 15) is 9.90 Å². The lowest BCUT2D eigenvalue weighted by Gasteiger charge is -2.21. The molecule has 0 bridgehead atoms. The lowest BCUT2D eigenvalue weighted by molar-refractivity contribution is -0.149. The summed E-state index contributed by atoms with van der Waals surface area (Å²) in [6.07, 6.45) is -1.03. The molecular weight excluding hydrogens is 220 g/mol. The van der Waals surface area contributed by atoms with Gasteiger partial charge in [0.15, 0.2) is 0 Å². The van der Waals surface area contributed by atoms with Crippen LogP contribution in [0.15, 0.2) is 42.7 Å². The van der Waals surface area contributed by atoms with Crippen LogP contribution in [0.2, 0.25) is 0 Å². The number of ether oxygens (including phenoxy) is 2. The second-order valence-electron chi connectivity index (χ2n) is 3.53. The molecule has 0 unspecified atom stereocenters. The molecule has 4 nitrogen and oxygen atoms in total. The molecule has 0 heterocycles. The van der Waals surface area contributed by atoms with Crippen LogP contribution in [-0.2, 0) is 14.3 Å². The molecule has 2 atom stereocenters. The highest BCUT2D eigenvalue weighted by Gasteiger charge is 2.32. The zero-order valence-electron chi connectivity index (χ0n) is 9.92. The van der Waals surface area contributed by atoms with E-state index < -0.39 is 18.0 Å². The third kappa shape index (κ3) is 3.07. The summed E-state index contributed by atoms with van der Waals surface area (Å²) < 4.78 is 9.56. The highest BCUT2D eigenvalue weighted by Crippen LogP contribution is 2.28. The average molecular weight is 236 g/mol. The summed E-state index contributed by atoms with van der Waals surface area (Å²) in [5.74, 6) is -1.33. The Bertz CT molecular complexity index is 370. The van der Waals surface area contributed by atoms with E-state index in [1.807, 2.05) is 6.07 Å². The second kappa shape index (κ2) is 6.06. The molecule has 0 spiro atoms. The van der Waals surface area contributed by atoms with E-state index in [-0.39, 0.29) is 5.76 Å². The van der Waals surface area contributed by atoms with E-state index in [0.29, 0.717) is 5.56 Å². The number of esters is 1. The molecule has 4 heteroatoms. The van der Waals surface area contributed by atoms with Crippen LogP contribution < -0.4 is 0 Å². The number of rotatable bonds is 5. The maximum absolute atomic E-state index is 11.6. The predicted octanol–water partition coefficient (Wildman–Crippen LogP) is 1.67. The molecule has 1 aromatic carbocycles. The number of aliphatic hydroxyl groups is 1. The Hall–Kier alpha value is -1.81. The molecule has 17 heavy (non-hydrogen) atoms. The SMILES string of the molecule is C=C(OC)[C@H](C(=O)OC)[C@H](O)c1ccccc1. The van der Waals surface area contributed by atoms with Crippen LogP contribution in [0.3, 0.4) is 0 Å². The molecule has 0 fully saturated rings. The summed E-state index contributed by atoms with van der Waals surface area (Å²) in [4.78, 5) is 11.6. The van der Waals surface area contributed by atoms with Gasteiger partial charge in [-0.25, -0.2) is 0 Å². The minimum Gasteiger partial charge on any atom is -0.501 e. The summed E-state index contributed by atoms with van der Waals surface area (Å²) in [7, 11) is 2.66. The van der Waals surface area contributed by atoms with Crippen molar-refractivity contribution in [3.8, 4) is 0 Å². The zero-order chi connectivity index (χ0) is 12.8. The first-order valence-electron chi connectivity index (χ1n) is 5.15. The van der Waals surface area contributed by atoms with Gasteiger partial charge in [-0.15, -0.1) is 0 Å². The first-order chi connectivity index (χ1) is 8.11. The van der Waals surface area contributed by atoms with Crippen molar-refractivity contribution in [2.24, 2.45) is 5.92 Å². The van der Waals surface area contributed by atoms with Crippen molar-refractivity contribution in [1.29, 1.82) is 0 Å². The van der Waals surface area contributed by atoms with Gasteiger partial charge in [-0.2, -0.15) is 0 Å². The molecule has 1 aromatic rings. The molecule has 1 rings (SSSR count). The van der Waals surface area contributed by atoms with Gasteiger partial charge in [-0.05, 0) is 5.56 Å². The first kappa shape index (κ1) is 13.3. The van der Waals surface area contributed by atoms with Crippen molar-refractivity contribution >= 4 is 5.97 Å². The summed E-state index contributed by atoms with van der Waals surface area (Å²) in [5, 5.41) is 10.1. The lowest BCUT2D eigenvalue weighted by Crippen LogP contribution is -2.26. The monoisotopic (exact) mass is 236 g/mol. The number of hydrogen-bond acceptors (Lipinski definition) is 4. The van der Waals surface area contributed by atoms with Crippen molar-refractivity contribution in [2.45, 2.75) is 6.10 Å². The van der Waals surface area contributed by atoms with E-state index in [0.717, 1.165) is 0 Å². The number of carbonyl (C=O) groups is 1. The normalized spacial score (nSPS) is 13.6. The number of carbonyl (C=O) groups excluding carboxylic acids is 1. The van der Waals surface area contributed by atoms with Crippen molar-refractivity contribution in [2.75, 3.05) is 14.2 Å². The Morgan fingerprint density at radius 1 is 1.24 bits per heavy atom. The van der Waals surface area contributed by atoms with E-state index in [1.54, 1.807) is 24.3 Å². The fourth-order valence-corrected chi connectivity index (χ4v) is 1.53. The number of hydrogen-bond donors (Lipinski definition) is 1. The smallest absolute Gasteiger partial charge is 0.319 e. The summed E-state index contributed by atoms with van der Waals surface area (Å²) in [6, 6.07) is 8.84. The van der Waals surface area contributed by atoms with Crippen molar-refractivity contribution in [3.05, 3.63) is 48.2 Å². The Kier molecular flexibility index (Phi) is 4.72. The number of methoxy groups -OCH3 is 2. The molecule has 0 aliphatic carbocycles. The molecule has 0 radical (unpaired) electrons. The first-order valence-corrected chi connectivity index (χ1v) is 5.15. The Labute approximate surface area is 100 Å². The topological polar surface area (TPSA) is 55.8 Å². The Morgan fingerprint density at radius 2 is 1.82 bits per heavy atom. The van der Waals surface area contributed by atoms with Crippen LogP contribution >= 0.6 is 0 Å². The molecule has 0 aliphatic heterocycles. The van der Waals surface area contributed by atoms with Crippen LogP contribution in [-0.4, -0.2) is 25.3 Å². The van der Waals surface area contributed by atoms with Gasteiger partial charge in [0.1, 0.15) is 11.7 Å². The quantitative estimate of drug-likeness (QED) is 0.624. The minimum absolute atomic E-state index is 0.174. The van der Waals surface area contributed by atoms with Crippen LogP contribution in [0.4, 0.5) is 0 Å². The van der Waals surface area contributed by atoms with Gasteiger partial charge < -0.3 is 14.6 Å². The second-order valence-corrected chi connectivity index (χ2v) is 3.53. The zero-order valence-corrected chi connectivity index (χ0v) is 9.92. The Balaban J connectivity index is 2.99. The summed E-state index contributed by atoms with van der Waals surface area (Å²) >= 11 is 0. The third-order valence-electron chi connectivity index (χ3n) is 2.52. The predicted molar refractivity (Wildman–Crippen MR) is 63.1 cm³/mol. The van der Waals surface area contributed by atoms with Crippen molar-refractivity contribution in [1.82, 2.24) is 0 Å². The minimum atomic E-state index is -1.03. The third-order valence-corrected chi connectivity index (χ3v) is 2.52. The molecule has 0 aromatic heterocycles. The van der Waals surface area contributed by atoms with E-state index >= 15 is 0 Å². The molecule has 92 valence electrons. The average Bonchev–Trinajstić information content (AvgIpc) is 2.39. The van der Waals surface area contributed by atoms with Gasteiger partial charge in [-0.3, -0.25) is 4.79 Å². The van der Waals surface area contributed by atoms with Gasteiger partial charge >= 0.3 is 5.97 Å². The summed E-state index contributed by atoms with van der Waals surface area (Å²) in [5.41, 5.74) is 0.612. The Morgan fingerprint density at radius 3 is 2.29 bits per heavy atom. The fraction of sp³-hybridized carbons (Fsp3) is 0.308. The van der Waals surface area contributed by atoms with Gasteiger partial charge in [0.05, 0.1) is 20.3 Å². The molecular formula is C13H16O4. The molecule has 1 N–H and O–H groups in total. The summed E-state index contributed by atoms with van der Waals surface area (Å²) in [6.45, 7) is 3.61. The van der Waals surface area contributed by atoms with E-state index in [4.69, 9.17) is 4.74 Å². The van der Waals surface area contributed by atoms with Crippen molar-refractivity contribution < 1.29 is 19.4 Å². The highest BCUT2D eigenvalue weighted by atomic mass is 16.5. The highest BCUT2D eigenvalue weighted by molar-refractivity contribution is 5.76.